The van der Waals surface area contributed by atoms with Crippen molar-refractivity contribution in [2.24, 2.45) is 0 Å². The van der Waals surface area contributed by atoms with E-state index in [1.54, 1.807) is 6.08 Å². The van der Waals surface area contributed by atoms with Crippen molar-refractivity contribution < 1.29 is 32.9 Å². The monoisotopic (exact) mass is 1040 g/mol. The van der Waals surface area contributed by atoms with Crippen molar-refractivity contribution in [3.63, 3.8) is 0 Å². The molecule has 0 heterocycles. The number of quaternary nitrogens is 1. The maximum Gasteiger partial charge on any atom is 0.472 e. The molecule has 0 aliphatic carbocycles. The fourth-order valence-corrected chi connectivity index (χ4v) is 10.2. The topological polar surface area (TPSA) is 105 Å². The molecule has 0 aromatic carbocycles. The highest BCUT2D eigenvalue weighted by atomic mass is 31.2. The highest BCUT2D eigenvalue weighted by Crippen LogP contribution is 2.43. The van der Waals surface area contributed by atoms with E-state index in [0.717, 1.165) is 44.9 Å². The largest absolute Gasteiger partial charge is 0.472 e. The van der Waals surface area contributed by atoms with E-state index in [2.05, 4.69) is 43.5 Å². The zero-order valence-electron chi connectivity index (χ0n) is 48.7. The highest BCUT2D eigenvalue weighted by Gasteiger charge is 2.27. The van der Waals surface area contributed by atoms with E-state index in [4.69, 9.17) is 9.05 Å². The third-order valence-corrected chi connectivity index (χ3v) is 15.3. The van der Waals surface area contributed by atoms with Gasteiger partial charge in [-0.1, -0.05) is 288 Å². The third kappa shape index (κ3) is 56.4. The first-order valence-corrected chi connectivity index (χ1v) is 32.9. The van der Waals surface area contributed by atoms with E-state index >= 15 is 0 Å². The van der Waals surface area contributed by atoms with Crippen molar-refractivity contribution >= 4 is 13.7 Å². The number of aliphatic hydroxyl groups excluding tert-OH is 1. The van der Waals surface area contributed by atoms with Crippen LogP contribution in [0.2, 0.25) is 0 Å². The van der Waals surface area contributed by atoms with Gasteiger partial charge >= 0.3 is 7.82 Å². The summed E-state index contributed by atoms with van der Waals surface area (Å²) in [6.45, 7) is 4.85. The van der Waals surface area contributed by atoms with Crippen LogP contribution in [0.5, 0.6) is 0 Å². The molecule has 0 saturated carbocycles. The Balaban J connectivity index is 4.11. The van der Waals surface area contributed by atoms with Crippen molar-refractivity contribution in [2.45, 2.75) is 321 Å². The van der Waals surface area contributed by atoms with Gasteiger partial charge in [-0.25, -0.2) is 4.57 Å². The quantitative estimate of drug-likeness (QED) is 0.0243. The summed E-state index contributed by atoms with van der Waals surface area (Å²) in [5.74, 6) is -0.172. The predicted octanol–water partition coefficient (Wildman–Crippen LogP) is 19.3. The highest BCUT2D eigenvalue weighted by molar-refractivity contribution is 7.47. The maximum absolute atomic E-state index is 13.0. The van der Waals surface area contributed by atoms with E-state index in [9.17, 15) is 19.4 Å². The molecule has 0 saturated heterocycles. The van der Waals surface area contributed by atoms with Crippen LogP contribution in [-0.2, 0) is 18.4 Å². The first-order chi connectivity index (χ1) is 35.0. The minimum Gasteiger partial charge on any atom is -0.387 e. The van der Waals surface area contributed by atoms with Gasteiger partial charge in [-0.3, -0.25) is 13.8 Å². The van der Waals surface area contributed by atoms with Crippen LogP contribution in [-0.4, -0.2) is 73.4 Å². The molecular weight excluding hydrogens is 912 g/mol. The number of unbranched alkanes of at least 4 members (excludes halogenated alkanes) is 41. The Morgan fingerprint density at radius 3 is 1.14 bits per heavy atom. The van der Waals surface area contributed by atoms with Gasteiger partial charge in [0.1, 0.15) is 13.2 Å². The molecule has 0 radical (unpaired) electrons. The second-order valence-corrected chi connectivity index (χ2v) is 24.2. The van der Waals surface area contributed by atoms with Gasteiger partial charge in [-0.2, -0.15) is 0 Å². The molecule has 0 aliphatic heterocycles. The van der Waals surface area contributed by atoms with Gasteiger partial charge in [0.15, 0.2) is 0 Å². The van der Waals surface area contributed by atoms with Gasteiger partial charge in [-0.15, -0.1) is 0 Å². The third-order valence-electron chi connectivity index (χ3n) is 14.4. The summed E-state index contributed by atoms with van der Waals surface area (Å²) in [5.41, 5.74) is 0. The molecule has 0 aromatic heterocycles. The summed E-state index contributed by atoms with van der Waals surface area (Å²) in [5, 5.41) is 14.0. The van der Waals surface area contributed by atoms with Crippen LogP contribution >= 0.6 is 7.82 Å². The zero-order valence-corrected chi connectivity index (χ0v) is 49.6. The summed E-state index contributed by atoms with van der Waals surface area (Å²) >= 11 is 0. The molecule has 8 nitrogen and oxygen atoms in total. The molecule has 0 bridgehead atoms. The van der Waals surface area contributed by atoms with E-state index in [-0.39, 0.29) is 19.1 Å². The molecule has 0 aromatic rings. The van der Waals surface area contributed by atoms with Crippen LogP contribution in [0.25, 0.3) is 0 Å². The lowest BCUT2D eigenvalue weighted by Gasteiger charge is -2.25. The molecule has 0 aliphatic rings. The van der Waals surface area contributed by atoms with Crippen LogP contribution in [0.1, 0.15) is 309 Å². The number of carbonyl (C=O) groups is 1. The van der Waals surface area contributed by atoms with Gasteiger partial charge < -0.3 is 19.8 Å². The average Bonchev–Trinajstić information content (AvgIpc) is 3.34. The Hall–Kier alpha value is -1.28. The number of allylic oxidation sites excluding steroid dienone is 5. The van der Waals surface area contributed by atoms with Gasteiger partial charge in [0.2, 0.25) is 5.91 Å². The number of amides is 1. The Bertz CT molecular complexity index is 1270. The van der Waals surface area contributed by atoms with Crippen LogP contribution in [0.4, 0.5) is 0 Å². The van der Waals surface area contributed by atoms with E-state index in [0.29, 0.717) is 17.4 Å². The molecule has 72 heavy (non-hydrogen) atoms. The first-order valence-electron chi connectivity index (χ1n) is 31.4. The second kappa shape index (κ2) is 54.5. The lowest BCUT2D eigenvalue weighted by atomic mass is 10.0. The number of rotatable bonds is 58. The summed E-state index contributed by atoms with van der Waals surface area (Å²) in [4.78, 5) is 23.4. The molecule has 3 unspecified atom stereocenters. The van der Waals surface area contributed by atoms with Crippen molar-refractivity contribution in [3.05, 3.63) is 36.5 Å². The average molecular weight is 1040 g/mol. The number of aliphatic hydroxyl groups is 1. The summed E-state index contributed by atoms with van der Waals surface area (Å²) in [6, 6.07) is -0.846. The number of nitrogens with zero attached hydrogens (tertiary/aromatic N) is 1. The molecular formula is C63H124N2O6P+. The predicted molar refractivity (Wildman–Crippen MR) is 314 cm³/mol. The van der Waals surface area contributed by atoms with Crippen LogP contribution in [0, 0.1) is 0 Å². The van der Waals surface area contributed by atoms with E-state index < -0.39 is 20.0 Å². The fraction of sp³-hybridized carbons (Fsp3) is 0.889. The van der Waals surface area contributed by atoms with Crippen molar-refractivity contribution in [2.75, 3.05) is 40.9 Å². The van der Waals surface area contributed by atoms with Crippen molar-refractivity contribution in [3.8, 4) is 0 Å². The lowest BCUT2D eigenvalue weighted by molar-refractivity contribution is -0.870. The molecule has 3 atom stereocenters. The molecule has 1 amide bonds. The number of hydrogen-bond donors (Lipinski definition) is 3. The van der Waals surface area contributed by atoms with E-state index in [1.165, 1.54) is 244 Å². The minimum absolute atomic E-state index is 0.0631. The molecule has 3 N–H and O–H groups in total. The second-order valence-electron chi connectivity index (χ2n) is 22.8. The van der Waals surface area contributed by atoms with Gasteiger partial charge in [-0.05, 0) is 51.4 Å². The van der Waals surface area contributed by atoms with Crippen molar-refractivity contribution in [1.29, 1.82) is 0 Å². The molecule has 0 fully saturated rings. The SMILES string of the molecule is CCCCCCC/C=C\C/C=C\CCCCCCCCCCCCCCCCCCCC(=O)NC(COP(=O)(O)OCC[N+](C)(C)C)C(O)/C=C/CCCCCCCCCCCCCCCCCCCCC. The Morgan fingerprint density at radius 2 is 0.792 bits per heavy atom. The van der Waals surface area contributed by atoms with Gasteiger partial charge in [0.25, 0.3) is 0 Å². The smallest absolute Gasteiger partial charge is 0.387 e. The number of likely N-dealkylation sites (N-methyl/N-ethyl adjacent to an activating group) is 1. The molecule has 0 rings (SSSR count). The van der Waals surface area contributed by atoms with Crippen LogP contribution in [0.3, 0.4) is 0 Å². The summed E-state index contributed by atoms with van der Waals surface area (Å²) in [7, 11) is 1.58. The molecule has 426 valence electrons. The fourth-order valence-electron chi connectivity index (χ4n) is 9.43. The summed E-state index contributed by atoms with van der Waals surface area (Å²) < 4.78 is 23.8. The van der Waals surface area contributed by atoms with Crippen LogP contribution < -0.4 is 5.32 Å². The minimum atomic E-state index is -4.35. The van der Waals surface area contributed by atoms with E-state index in [1.807, 2.05) is 27.2 Å². The number of hydrogen-bond acceptors (Lipinski definition) is 5. The molecule has 9 heteroatoms. The Kier molecular flexibility index (Phi) is 53.5. The Morgan fingerprint density at radius 1 is 0.472 bits per heavy atom. The van der Waals surface area contributed by atoms with Crippen molar-refractivity contribution in [1.82, 2.24) is 5.32 Å². The van der Waals surface area contributed by atoms with Crippen LogP contribution in [0.15, 0.2) is 36.5 Å². The molecule has 0 spiro atoms. The van der Waals surface area contributed by atoms with Gasteiger partial charge in [0.05, 0.1) is 39.9 Å². The number of nitrogens with one attached hydrogen (secondary N) is 1. The number of phosphoric acid groups is 1. The maximum atomic E-state index is 13.0. The first kappa shape index (κ1) is 70.7. The standard InChI is InChI=1S/C63H123N2O6P/c1-6-8-10-12-14-16-18-20-22-24-26-28-29-30-31-32-33-34-35-37-39-41-43-45-47-49-51-53-55-57-63(67)64-61(60-71-72(68,69)70-59-58-65(3,4)5)62(66)56-54-52-50-48-46-44-42-40-38-36-27-25-23-21-19-17-15-13-11-9-7-2/h18,20,24,26,54,56,61-62,66H,6-17,19,21-23,25,27-53,55,57-60H2,1-5H3,(H-,64,67,68,69)/p+1/b20-18-,26-24-,56-54+. The number of phosphoric ester groups is 1. The number of carbonyl (C=O) groups excluding carboxylic acids is 1. The lowest BCUT2D eigenvalue weighted by Crippen LogP contribution is -2.45. The summed E-state index contributed by atoms with van der Waals surface area (Å²) in [6.07, 6.45) is 71.1. The van der Waals surface area contributed by atoms with Gasteiger partial charge in [0, 0.05) is 6.42 Å². The Labute approximate surface area is 448 Å². The zero-order chi connectivity index (χ0) is 52.7. The normalized spacial score (nSPS) is 14.0.